The Bertz CT molecular complexity index is 1030. The Labute approximate surface area is 200 Å². The quantitative estimate of drug-likeness (QED) is 0.169. The molecular formula is C26H22Br2ClP. The molecule has 0 N–H and O–H groups in total. The number of alkyl halides is 1. The molecule has 0 bridgehead atoms. The van der Waals surface area contributed by atoms with Crippen molar-refractivity contribution in [3.8, 4) is 0 Å². The van der Waals surface area contributed by atoms with Gasteiger partial charge in [0.05, 0.1) is 0 Å². The number of hydrogen-bond donors (Lipinski definition) is 0. The Balaban J connectivity index is 2.14. The minimum absolute atomic E-state index is 0.740. The Hall–Kier alpha value is -1.44. The maximum atomic E-state index is 6.28. The Morgan fingerprint density at radius 2 is 1.07 bits per heavy atom. The molecule has 0 atom stereocenters. The van der Waals surface area contributed by atoms with E-state index in [1.54, 1.807) is 0 Å². The number of benzene rings is 4. The fourth-order valence-electron chi connectivity index (χ4n) is 4.36. The van der Waals surface area contributed by atoms with Crippen molar-refractivity contribution in [2.75, 3.05) is 5.07 Å². The van der Waals surface area contributed by atoms with Crippen LogP contribution in [0.2, 0.25) is 5.02 Å². The van der Waals surface area contributed by atoms with Gasteiger partial charge in [-0.05, 0) is 0 Å². The van der Waals surface area contributed by atoms with Crippen LogP contribution in [0.3, 0.4) is 0 Å². The van der Waals surface area contributed by atoms with Gasteiger partial charge in [0, 0.05) is 0 Å². The standard InChI is InChI=1S/C26H22Br2ClP/c27-20-30(23-10-4-1-5-11-23,24-12-6-2-7-13-24,25-14-8-3-9-15-25)19-21-16-17-22(29)18-26(21)28/h1-18H,19-20H2. The fourth-order valence-corrected chi connectivity index (χ4v) is 14.2. The van der Waals surface area contributed by atoms with Crippen molar-refractivity contribution < 1.29 is 0 Å². The summed E-state index contributed by atoms with van der Waals surface area (Å²) >= 11 is 14.1. The summed E-state index contributed by atoms with van der Waals surface area (Å²) in [6.45, 7) is -2.91. The summed E-state index contributed by atoms with van der Waals surface area (Å²) in [5, 5.41) is 5.72. The van der Waals surface area contributed by atoms with Crippen molar-refractivity contribution in [2.45, 2.75) is 6.16 Å². The molecule has 0 aromatic heterocycles. The molecule has 0 saturated heterocycles. The second kappa shape index (κ2) is 8.97. The van der Waals surface area contributed by atoms with Crippen LogP contribution in [0.5, 0.6) is 0 Å². The minimum atomic E-state index is -2.91. The van der Waals surface area contributed by atoms with Gasteiger partial charge in [-0.25, -0.2) is 0 Å². The van der Waals surface area contributed by atoms with Crippen LogP contribution in [0.25, 0.3) is 0 Å². The SMILES string of the molecule is Clc1ccc(CP(CBr)(c2ccccc2)(c2ccccc2)c2ccccc2)c(Br)c1. The molecule has 4 aromatic carbocycles. The molecule has 4 aromatic rings. The molecule has 4 rings (SSSR count). The van der Waals surface area contributed by atoms with E-state index in [9.17, 15) is 0 Å². The molecule has 0 heterocycles. The first-order chi connectivity index (χ1) is 14.6. The van der Waals surface area contributed by atoms with Crippen molar-refractivity contribution in [1.82, 2.24) is 0 Å². The molecule has 0 nitrogen and oxygen atoms in total. The molecule has 0 saturated carbocycles. The number of rotatable bonds is 6. The molecule has 4 heteroatoms. The predicted octanol–water partition coefficient (Wildman–Crippen LogP) is 7.48. The average Bonchev–Trinajstić information content (AvgIpc) is 2.81. The molecule has 0 aliphatic heterocycles. The second-order valence-corrected chi connectivity index (χ2v) is 15.4. The summed E-state index contributed by atoms with van der Waals surface area (Å²) in [5.41, 5.74) is 1.26. The van der Waals surface area contributed by atoms with Crippen LogP contribution in [0.1, 0.15) is 5.56 Å². The summed E-state index contributed by atoms with van der Waals surface area (Å²) in [7, 11) is 0. The van der Waals surface area contributed by atoms with Crippen LogP contribution >= 0.6 is 50.1 Å². The van der Waals surface area contributed by atoms with Crippen molar-refractivity contribution in [2.24, 2.45) is 0 Å². The Kier molecular flexibility index (Phi) is 6.51. The van der Waals surface area contributed by atoms with Crippen molar-refractivity contribution in [3.63, 3.8) is 0 Å². The molecule has 0 aliphatic rings. The molecule has 0 amide bonds. The van der Waals surface area contributed by atoms with E-state index in [1.807, 2.05) is 12.1 Å². The molecule has 0 unspecified atom stereocenters. The van der Waals surface area contributed by atoms with Crippen molar-refractivity contribution in [3.05, 3.63) is 124 Å². The van der Waals surface area contributed by atoms with Crippen molar-refractivity contribution in [1.29, 1.82) is 0 Å². The first-order valence-electron chi connectivity index (χ1n) is 9.77. The van der Waals surface area contributed by atoms with E-state index in [-0.39, 0.29) is 0 Å². The predicted molar refractivity (Wildman–Crippen MR) is 142 cm³/mol. The maximum absolute atomic E-state index is 6.28. The Morgan fingerprint density at radius 3 is 1.43 bits per heavy atom. The van der Waals surface area contributed by atoms with Gasteiger partial charge in [-0.1, -0.05) is 0 Å². The van der Waals surface area contributed by atoms with Crippen LogP contribution in [0.15, 0.2) is 114 Å². The first-order valence-corrected chi connectivity index (χ1v) is 14.7. The molecule has 0 aliphatic carbocycles. The van der Waals surface area contributed by atoms with Gasteiger partial charge in [0.2, 0.25) is 0 Å². The third-order valence-corrected chi connectivity index (χ3v) is 16.4. The van der Waals surface area contributed by atoms with Crippen LogP contribution in [-0.2, 0) is 6.16 Å². The summed E-state index contributed by atoms with van der Waals surface area (Å²) in [5.74, 6) is 0. The van der Waals surface area contributed by atoms with Gasteiger partial charge in [-0.2, -0.15) is 0 Å². The van der Waals surface area contributed by atoms with E-state index in [1.165, 1.54) is 21.5 Å². The van der Waals surface area contributed by atoms with Gasteiger partial charge >= 0.3 is 201 Å². The monoisotopic (exact) mass is 558 g/mol. The summed E-state index contributed by atoms with van der Waals surface area (Å²) in [6, 6.07) is 39.1. The van der Waals surface area contributed by atoms with Gasteiger partial charge in [0.1, 0.15) is 0 Å². The topological polar surface area (TPSA) is 0 Å². The van der Waals surface area contributed by atoms with E-state index in [0.717, 1.165) is 20.7 Å². The van der Waals surface area contributed by atoms with E-state index < -0.39 is 6.60 Å². The Morgan fingerprint density at radius 1 is 0.633 bits per heavy atom. The average molecular weight is 561 g/mol. The van der Waals surface area contributed by atoms with E-state index in [0.29, 0.717) is 0 Å². The van der Waals surface area contributed by atoms with E-state index in [4.69, 9.17) is 11.6 Å². The molecule has 152 valence electrons. The number of halogens is 3. The van der Waals surface area contributed by atoms with Gasteiger partial charge in [0.25, 0.3) is 0 Å². The normalized spacial score (nSPS) is 12.8. The fraction of sp³-hybridized carbons (Fsp3) is 0.0769. The summed E-state index contributed by atoms with van der Waals surface area (Å²) < 4.78 is 1.05. The van der Waals surface area contributed by atoms with E-state index >= 15 is 0 Å². The zero-order valence-corrected chi connectivity index (χ0v) is 21.2. The summed E-state index contributed by atoms with van der Waals surface area (Å²) in [4.78, 5) is 0. The van der Waals surface area contributed by atoms with E-state index in [2.05, 4.69) is 129 Å². The van der Waals surface area contributed by atoms with Gasteiger partial charge in [-0.3, -0.25) is 0 Å². The van der Waals surface area contributed by atoms with Gasteiger partial charge in [0.15, 0.2) is 0 Å². The molecule has 30 heavy (non-hydrogen) atoms. The van der Waals surface area contributed by atoms with Crippen LogP contribution in [0, 0.1) is 0 Å². The first kappa shape index (κ1) is 21.8. The molecule has 0 radical (unpaired) electrons. The van der Waals surface area contributed by atoms with Crippen molar-refractivity contribution >= 4 is 66.0 Å². The van der Waals surface area contributed by atoms with Crippen LogP contribution in [-0.4, -0.2) is 5.07 Å². The zero-order valence-electron chi connectivity index (χ0n) is 16.4. The second-order valence-electron chi connectivity index (χ2n) is 7.53. The van der Waals surface area contributed by atoms with Gasteiger partial charge < -0.3 is 0 Å². The van der Waals surface area contributed by atoms with Crippen LogP contribution < -0.4 is 15.9 Å². The van der Waals surface area contributed by atoms with Crippen LogP contribution in [0.4, 0.5) is 0 Å². The molecule has 0 fully saturated rings. The summed E-state index contributed by atoms with van der Waals surface area (Å²) in [6.07, 6.45) is 0.895. The zero-order chi connectivity index (χ0) is 21.1. The van der Waals surface area contributed by atoms with Gasteiger partial charge in [-0.15, -0.1) is 0 Å². The number of hydrogen-bond acceptors (Lipinski definition) is 0. The third kappa shape index (κ3) is 3.59. The molecular weight excluding hydrogens is 539 g/mol. The third-order valence-electron chi connectivity index (χ3n) is 5.94. The molecule has 0 spiro atoms.